The van der Waals surface area contributed by atoms with Crippen LogP contribution in [0, 0.1) is 10.8 Å². The second-order valence-electron chi connectivity index (χ2n) is 6.88. The molecule has 0 heterocycles. The van der Waals surface area contributed by atoms with Crippen LogP contribution >= 0.6 is 0 Å². The van der Waals surface area contributed by atoms with E-state index in [1.807, 2.05) is 71.9 Å². The number of carboxylic acids is 1. The van der Waals surface area contributed by atoms with Crippen molar-refractivity contribution in [1.82, 2.24) is 0 Å². The fraction of sp³-hybridized carbons (Fsp3) is 0.611. The van der Waals surface area contributed by atoms with Crippen LogP contribution in [0.15, 0.2) is 30.3 Å². The summed E-state index contributed by atoms with van der Waals surface area (Å²) in [4.78, 5) is 12.3. The monoisotopic (exact) mass is 292 g/mol. The Morgan fingerprint density at radius 2 is 1.43 bits per heavy atom. The van der Waals surface area contributed by atoms with E-state index in [-0.39, 0.29) is 0 Å². The third-order valence-corrected chi connectivity index (χ3v) is 4.99. The highest BCUT2D eigenvalue weighted by molar-refractivity contribution is 5.80. The van der Waals surface area contributed by atoms with Gasteiger partial charge in [-0.3, -0.25) is 0 Å². The van der Waals surface area contributed by atoms with Crippen molar-refractivity contribution in [2.24, 2.45) is 10.8 Å². The van der Waals surface area contributed by atoms with Crippen LogP contribution in [-0.2, 0) is 4.79 Å². The fourth-order valence-corrected chi connectivity index (χ4v) is 2.98. The van der Waals surface area contributed by atoms with E-state index < -0.39 is 22.4 Å². The number of aliphatic carboxylic acids is 1. The van der Waals surface area contributed by atoms with E-state index in [2.05, 4.69) is 0 Å². The van der Waals surface area contributed by atoms with Gasteiger partial charge in [0, 0.05) is 10.8 Å². The van der Waals surface area contributed by atoms with E-state index in [0.717, 1.165) is 12.8 Å². The van der Waals surface area contributed by atoms with Crippen molar-refractivity contribution in [3.63, 3.8) is 0 Å². The van der Waals surface area contributed by atoms with Gasteiger partial charge in [-0.2, -0.15) is 0 Å². The molecule has 3 nitrogen and oxygen atoms in total. The smallest absolute Gasteiger partial charge is 0.349 e. The first-order chi connectivity index (χ1) is 9.64. The molecule has 0 aliphatic heterocycles. The maximum absolute atomic E-state index is 12.3. The molecule has 0 fully saturated rings. The quantitative estimate of drug-likeness (QED) is 0.788. The first-order valence-electron chi connectivity index (χ1n) is 7.62. The highest BCUT2D eigenvalue weighted by Crippen LogP contribution is 2.50. The predicted molar refractivity (Wildman–Crippen MR) is 85.6 cm³/mol. The van der Waals surface area contributed by atoms with Gasteiger partial charge in [0.2, 0.25) is 5.60 Å². The molecule has 0 saturated carbocycles. The average Bonchev–Trinajstić information content (AvgIpc) is 2.44. The maximum atomic E-state index is 12.3. The van der Waals surface area contributed by atoms with Gasteiger partial charge in [-0.25, -0.2) is 4.79 Å². The summed E-state index contributed by atoms with van der Waals surface area (Å²) in [5.41, 5.74) is -2.30. The normalized spacial score (nSPS) is 13.0. The zero-order valence-electron chi connectivity index (χ0n) is 14.1. The SMILES string of the molecule is CCC(C)(C)C(Oc1ccccc1)(C(=O)O)C(C)(C)CC. The average molecular weight is 292 g/mol. The first-order valence-corrected chi connectivity index (χ1v) is 7.62. The van der Waals surface area contributed by atoms with Crippen molar-refractivity contribution in [3.05, 3.63) is 30.3 Å². The molecule has 1 aromatic carbocycles. The summed E-state index contributed by atoms with van der Waals surface area (Å²) in [7, 11) is 0. The molecule has 1 N–H and O–H groups in total. The topological polar surface area (TPSA) is 46.5 Å². The third kappa shape index (κ3) is 2.92. The Morgan fingerprint density at radius 1 is 1.00 bits per heavy atom. The fourth-order valence-electron chi connectivity index (χ4n) is 2.98. The molecular weight excluding hydrogens is 264 g/mol. The second-order valence-corrected chi connectivity index (χ2v) is 6.88. The molecule has 1 aromatic rings. The molecule has 0 radical (unpaired) electrons. The molecule has 0 saturated heterocycles. The van der Waals surface area contributed by atoms with Crippen LogP contribution in [-0.4, -0.2) is 16.7 Å². The van der Waals surface area contributed by atoms with E-state index in [9.17, 15) is 9.90 Å². The summed E-state index contributed by atoms with van der Waals surface area (Å²) in [5.74, 6) is -0.298. The summed E-state index contributed by atoms with van der Waals surface area (Å²) in [6.45, 7) is 11.9. The summed E-state index contributed by atoms with van der Waals surface area (Å²) in [6, 6.07) is 9.25. The lowest BCUT2D eigenvalue weighted by Gasteiger charge is -2.51. The molecule has 0 atom stereocenters. The van der Waals surface area contributed by atoms with Gasteiger partial charge in [0.05, 0.1) is 0 Å². The highest BCUT2D eigenvalue weighted by atomic mass is 16.5. The van der Waals surface area contributed by atoms with Crippen molar-refractivity contribution in [2.75, 3.05) is 0 Å². The standard InChI is InChI=1S/C18H28O3/c1-7-16(3,4)18(15(19)20,17(5,6)8-2)21-14-12-10-9-11-13-14/h9-13H,7-8H2,1-6H3,(H,19,20). The zero-order chi connectivity index (χ0) is 16.3. The van der Waals surface area contributed by atoms with Crippen LogP contribution in [0.4, 0.5) is 0 Å². The van der Waals surface area contributed by atoms with Gasteiger partial charge in [0.1, 0.15) is 5.75 Å². The number of rotatable bonds is 7. The zero-order valence-corrected chi connectivity index (χ0v) is 14.1. The van der Waals surface area contributed by atoms with Crippen molar-refractivity contribution in [1.29, 1.82) is 0 Å². The van der Waals surface area contributed by atoms with Crippen molar-refractivity contribution in [2.45, 2.75) is 60.0 Å². The van der Waals surface area contributed by atoms with Gasteiger partial charge in [-0.15, -0.1) is 0 Å². The lowest BCUT2D eigenvalue weighted by atomic mass is 9.58. The van der Waals surface area contributed by atoms with Crippen LogP contribution in [0.5, 0.6) is 5.75 Å². The minimum Gasteiger partial charge on any atom is -0.478 e. The molecule has 0 spiro atoms. The van der Waals surface area contributed by atoms with E-state index in [0.29, 0.717) is 5.75 Å². The van der Waals surface area contributed by atoms with Crippen LogP contribution in [0.2, 0.25) is 0 Å². The summed E-state index contributed by atoms with van der Waals surface area (Å²) >= 11 is 0. The summed E-state index contributed by atoms with van der Waals surface area (Å²) < 4.78 is 6.18. The highest BCUT2D eigenvalue weighted by Gasteiger charge is 2.61. The van der Waals surface area contributed by atoms with Crippen molar-refractivity contribution in [3.8, 4) is 5.75 Å². The summed E-state index contributed by atoms with van der Waals surface area (Å²) in [5, 5.41) is 10.1. The van der Waals surface area contributed by atoms with Gasteiger partial charge in [-0.1, -0.05) is 59.7 Å². The van der Waals surface area contributed by atoms with Gasteiger partial charge in [0.25, 0.3) is 0 Å². The van der Waals surface area contributed by atoms with Crippen LogP contribution < -0.4 is 4.74 Å². The minimum absolute atomic E-state index is 0.506. The lowest BCUT2D eigenvalue weighted by Crippen LogP contribution is -2.64. The van der Waals surface area contributed by atoms with Gasteiger partial charge in [0.15, 0.2) is 0 Å². The van der Waals surface area contributed by atoms with Crippen LogP contribution in [0.25, 0.3) is 0 Å². The number of ether oxygens (including phenoxy) is 1. The molecule has 3 heteroatoms. The molecule has 118 valence electrons. The molecule has 0 unspecified atom stereocenters. The van der Waals surface area contributed by atoms with Crippen molar-refractivity contribution < 1.29 is 14.6 Å². The molecular formula is C18H28O3. The van der Waals surface area contributed by atoms with Crippen LogP contribution in [0.1, 0.15) is 54.4 Å². The molecule has 0 aliphatic carbocycles. The van der Waals surface area contributed by atoms with E-state index in [4.69, 9.17) is 4.74 Å². The lowest BCUT2D eigenvalue weighted by molar-refractivity contribution is -0.189. The largest absolute Gasteiger partial charge is 0.478 e. The van der Waals surface area contributed by atoms with Gasteiger partial charge in [-0.05, 0) is 25.0 Å². The number of carboxylic acid groups (broad SMARTS) is 1. The number of para-hydroxylation sites is 1. The Hall–Kier alpha value is -1.51. The molecule has 1 rings (SSSR count). The van der Waals surface area contributed by atoms with Crippen LogP contribution in [0.3, 0.4) is 0 Å². The molecule has 0 aliphatic rings. The number of hydrogen-bond donors (Lipinski definition) is 1. The molecule has 0 amide bonds. The number of hydrogen-bond acceptors (Lipinski definition) is 2. The number of benzene rings is 1. The Bertz CT molecular complexity index is 458. The van der Waals surface area contributed by atoms with E-state index >= 15 is 0 Å². The Kier molecular flexibility index (Phi) is 5.08. The predicted octanol–water partition coefficient (Wildman–Crippen LogP) is 4.76. The van der Waals surface area contributed by atoms with Gasteiger partial charge >= 0.3 is 5.97 Å². The Balaban J connectivity index is 3.50. The Labute approximate surface area is 128 Å². The molecule has 0 bridgehead atoms. The third-order valence-electron chi connectivity index (χ3n) is 4.99. The van der Waals surface area contributed by atoms with E-state index in [1.165, 1.54) is 0 Å². The van der Waals surface area contributed by atoms with E-state index in [1.54, 1.807) is 0 Å². The summed E-state index contributed by atoms with van der Waals surface area (Å²) in [6.07, 6.45) is 1.44. The Morgan fingerprint density at radius 3 is 1.76 bits per heavy atom. The first kappa shape index (κ1) is 17.5. The molecule has 0 aromatic heterocycles. The minimum atomic E-state index is -1.29. The molecule has 21 heavy (non-hydrogen) atoms. The van der Waals surface area contributed by atoms with Gasteiger partial charge < -0.3 is 9.84 Å². The van der Waals surface area contributed by atoms with Crippen molar-refractivity contribution >= 4 is 5.97 Å². The maximum Gasteiger partial charge on any atom is 0.349 e. The number of carbonyl (C=O) groups is 1. The second kappa shape index (κ2) is 6.08.